The summed E-state index contributed by atoms with van der Waals surface area (Å²) in [7, 11) is 1.93. The molecule has 0 aromatic carbocycles. The number of amides is 1. The van der Waals surface area contributed by atoms with Crippen molar-refractivity contribution in [2.24, 2.45) is 7.05 Å². The maximum atomic E-state index is 12.3. The van der Waals surface area contributed by atoms with Crippen molar-refractivity contribution in [1.82, 2.24) is 20.1 Å². The highest BCUT2D eigenvalue weighted by Crippen LogP contribution is 2.29. The Morgan fingerprint density at radius 1 is 1.55 bits per heavy atom. The molecule has 104 valence electrons. The van der Waals surface area contributed by atoms with E-state index < -0.39 is 0 Å². The normalized spacial score (nSPS) is 17.6. The smallest absolute Gasteiger partial charge is 0.272 e. The van der Waals surface area contributed by atoms with E-state index in [0.717, 1.165) is 24.8 Å². The minimum absolute atomic E-state index is 0.0126. The Morgan fingerprint density at radius 3 is 3.20 bits per heavy atom. The molecule has 0 aliphatic heterocycles. The van der Waals surface area contributed by atoms with Gasteiger partial charge in [0.2, 0.25) is 0 Å². The molecule has 2 aromatic rings. The minimum atomic E-state index is -0.232. The quantitative estimate of drug-likeness (QED) is 0.859. The van der Waals surface area contributed by atoms with E-state index in [1.807, 2.05) is 17.9 Å². The number of nitrogens with two attached hydrogens (primary N) is 1. The van der Waals surface area contributed by atoms with Crippen molar-refractivity contribution >= 4 is 11.6 Å². The highest BCUT2D eigenvalue weighted by Gasteiger charge is 2.25. The fourth-order valence-corrected chi connectivity index (χ4v) is 2.69. The lowest BCUT2D eigenvalue weighted by Gasteiger charge is -2.23. The van der Waals surface area contributed by atoms with Gasteiger partial charge in [0.15, 0.2) is 5.69 Å². The van der Waals surface area contributed by atoms with Crippen LogP contribution in [0.4, 0.5) is 5.69 Å². The molecule has 1 atom stereocenters. The van der Waals surface area contributed by atoms with Crippen LogP contribution in [0.1, 0.15) is 40.6 Å². The third-order valence-electron chi connectivity index (χ3n) is 3.73. The molecule has 6 heteroatoms. The molecule has 3 N–H and O–H groups in total. The van der Waals surface area contributed by atoms with Crippen molar-refractivity contribution < 1.29 is 4.79 Å². The number of nitrogens with one attached hydrogen (secondary N) is 1. The van der Waals surface area contributed by atoms with Crippen LogP contribution in [0.25, 0.3) is 0 Å². The van der Waals surface area contributed by atoms with E-state index in [1.165, 1.54) is 5.69 Å². The van der Waals surface area contributed by atoms with Gasteiger partial charge in [-0.05, 0) is 31.4 Å². The van der Waals surface area contributed by atoms with Crippen LogP contribution in [0.2, 0.25) is 0 Å². The average molecular weight is 271 g/mol. The molecular formula is C14H17N5O. The van der Waals surface area contributed by atoms with Crippen molar-refractivity contribution in [3.63, 3.8) is 0 Å². The van der Waals surface area contributed by atoms with Crippen molar-refractivity contribution in [1.29, 1.82) is 0 Å². The number of fused-ring (bicyclic) bond motifs is 1. The van der Waals surface area contributed by atoms with Gasteiger partial charge in [0.25, 0.3) is 5.91 Å². The van der Waals surface area contributed by atoms with Crippen LogP contribution >= 0.6 is 0 Å². The lowest BCUT2D eigenvalue weighted by molar-refractivity contribution is 0.0928. The second kappa shape index (κ2) is 4.96. The first-order valence-corrected chi connectivity index (χ1v) is 6.69. The number of hydrogen-bond donors (Lipinski definition) is 2. The van der Waals surface area contributed by atoms with Crippen LogP contribution in [0.5, 0.6) is 0 Å². The summed E-state index contributed by atoms with van der Waals surface area (Å²) >= 11 is 0. The number of aromatic nitrogens is 3. The van der Waals surface area contributed by atoms with Gasteiger partial charge in [0.1, 0.15) is 0 Å². The second-order valence-corrected chi connectivity index (χ2v) is 5.03. The molecule has 0 bridgehead atoms. The summed E-state index contributed by atoms with van der Waals surface area (Å²) in [6.07, 6.45) is 6.36. The fraction of sp³-hybridized carbons (Fsp3) is 0.357. The number of nitrogen functional groups attached to an aromatic ring is 1. The van der Waals surface area contributed by atoms with Gasteiger partial charge in [0.05, 0.1) is 17.9 Å². The van der Waals surface area contributed by atoms with Gasteiger partial charge in [-0.15, -0.1) is 0 Å². The van der Waals surface area contributed by atoms with E-state index in [0.29, 0.717) is 5.69 Å². The number of anilines is 1. The average Bonchev–Trinajstić information content (AvgIpc) is 2.82. The molecule has 1 unspecified atom stereocenters. The predicted octanol–water partition coefficient (Wildman–Crippen LogP) is 1.20. The van der Waals surface area contributed by atoms with Gasteiger partial charge >= 0.3 is 0 Å². The SMILES string of the molecule is Cn1ncc2c1CCCC2NC(=O)c1ncccc1N. The Labute approximate surface area is 117 Å². The maximum Gasteiger partial charge on any atom is 0.272 e. The zero-order valence-electron chi connectivity index (χ0n) is 11.3. The fourth-order valence-electron chi connectivity index (χ4n) is 2.69. The Kier molecular flexibility index (Phi) is 3.14. The molecule has 0 spiro atoms. The lowest BCUT2D eigenvalue weighted by atomic mass is 9.93. The molecule has 20 heavy (non-hydrogen) atoms. The number of carbonyl (C=O) groups excluding carboxylic acids is 1. The van der Waals surface area contributed by atoms with Crippen LogP contribution in [-0.2, 0) is 13.5 Å². The summed E-state index contributed by atoms with van der Waals surface area (Å²) in [6.45, 7) is 0. The molecule has 0 saturated carbocycles. The molecule has 2 heterocycles. The number of rotatable bonds is 2. The molecule has 1 amide bonds. The highest BCUT2D eigenvalue weighted by molar-refractivity contribution is 5.97. The topological polar surface area (TPSA) is 85.8 Å². The highest BCUT2D eigenvalue weighted by atomic mass is 16.2. The van der Waals surface area contributed by atoms with Crippen LogP contribution in [0.15, 0.2) is 24.5 Å². The summed E-state index contributed by atoms with van der Waals surface area (Å²) in [6, 6.07) is 3.38. The van der Waals surface area contributed by atoms with E-state index in [1.54, 1.807) is 18.3 Å². The van der Waals surface area contributed by atoms with Gasteiger partial charge in [0, 0.05) is 24.5 Å². The Bertz CT molecular complexity index is 649. The summed E-state index contributed by atoms with van der Waals surface area (Å²) in [5, 5.41) is 7.28. The molecule has 0 fully saturated rings. The summed E-state index contributed by atoms with van der Waals surface area (Å²) in [5.41, 5.74) is 8.75. The first kappa shape index (κ1) is 12.7. The van der Waals surface area contributed by atoms with Crippen molar-refractivity contribution in [2.45, 2.75) is 25.3 Å². The van der Waals surface area contributed by atoms with Crippen molar-refractivity contribution in [3.8, 4) is 0 Å². The van der Waals surface area contributed by atoms with Gasteiger partial charge < -0.3 is 11.1 Å². The van der Waals surface area contributed by atoms with Crippen LogP contribution < -0.4 is 11.1 Å². The summed E-state index contributed by atoms with van der Waals surface area (Å²) < 4.78 is 1.88. The lowest BCUT2D eigenvalue weighted by Crippen LogP contribution is -2.32. The van der Waals surface area contributed by atoms with Crippen molar-refractivity contribution in [2.75, 3.05) is 5.73 Å². The molecule has 0 radical (unpaired) electrons. The summed E-state index contributed by atoms with van der Waals surface area (Å²) in [4.78, 5) is 16.3. The Hall–Kier alpha value is -2.37. The Morgan fingerprint density at radius 2 is 2.40 bits per heavy atom. The largest absolute Gasteiger partial charge is 0.397 e. The van der Waals surface area contributed by atoms with E-state index in [2.05, 4.69) is 15.4 Å². The number of pyridine rings is 1. The molecule has 2 aromatic heterocycles. The zero-order chi connectivity index (χ0) is 14.1. The monoisotopic (exact) mass is 271 g/mol. The van der Waals surface area contributed by atoms with E-state index in [-0.39, 0.29) is 17.6 Å². The number of nitrogens with zero attached hydrogens (tertiary/aromatic N) is 3. The third-order valence-corrected chi connectivity index (χ3v) is 3.73. The number of hydrogen-bond acceptors (Lipinski definition) is 4. The maximum absolute atomic E-state index is 12.3. The molecule has 6 nitrogen and oxygen atoms in total. The third kappa shape index (κ3) is 2.13. The van der Waals surface area contributed by atoms with Gasteiger partial charge in [-0.25, -0.2) is 4.98 Å². The number of aryl methyl sites for hydroxylation is 1. The number of carbonyl (C=O) groups is 1. The van der Waals surface area contributed by atoms with E-state index in [4.69, 9.17) is 5.73 Å². The van der Waals surface area contributed by atoms with Gasteiger partial charge in [-0.1, -0.05) is 0 Å². The van der Waals surface area contributed by atoms with Crippen LogP contribution in [0, 0.1) is 0 Å². The van der Waals surface area contributed by atoms with Crippen LogP contribution in [0.3, 0.4) is 0 Å². The second-order valence-electron chi connectivity index (χ2n) is 5.03. The predicted molar refractivity (Wildman–Crippen MR) is 75.0 cm³/mol. The Balaban J connectivity index is 1.83. The standard InChI is InChI=1S/C14H17N5O/c1-19-12-6-2-5-11(9(12)8-17-19)18-14(20)13-10(15)4-3-7-16-13/h3-4,7-8,11H,2,5-6,15H2,1H3,(H,18,20). The van der Waals surface area contributed by atoms with E-state index >= 15 is 0 Å². The molecule has 1 aliphatic rings. The molecule has 1 aliphatic carbocycles. The molecule has 0 saturated heterocycles. The van der Waals surface area contributed by atoms with Crippen LogP contribution in [-0.4, -0.2) is 20.7 Å². The van der Waals surface area contributed by atoms with Gasteiger partial charge in [-0.2, -0.15) is 5.10 Å². The van der Waals surface area contributed by atoms with Gasteiger partial charge in [-0.3, -0.25) is 9.48 Å². The zero-order valence-corrected chi connectivity index (χ0v) is 11.3. The molecule has 3 rings (SSSR count). The molecular weight excluding hydrogens is 254 g/mol. The first-order valence-electron chi connectivity index (χ1n) is 6.69. The summed E-state index contributed by atoms with van der Waals surface area (Å²) in [5.74, 6) is -0.232. The van der Waals surface area contributed by atoms with Crippen molar-refractivity contribution in [3.05, 3.63) is 41.5 Å². The first-order chi connectivity index (χ1) is 9.66. The minimum Gasteiger partial charge on any atom is -0.397 e. The van der Waals surface area contributed by atoms with E-state index in [9.17, 15) is 4.79 Å².